The number of hydrogen-bond acceptors (Lipinski definition) is 4. The van der Waals surface area contributed by atoms with Gasteiger partial charge in [-0.15, -0.1) is 0 Å². The van der Waals surface area contributed by atoms with Crippen molar-refractivity contribution in [3.05, 3.63) is 59.7 Å². The summed E-state index contributed by atoms with van der Waals surface area (Å²) in [5.74, 6) is 0. The predicted molar refractivity (Wildman–Crippen MR) is 154 cm³/mol. The van der Waals surface area contributed by atoms with Gasteiger partial charge in [0.15, 0.2) is 0 Å². The zero-order chi connectivity index (χ0) is 25.8. The van der Waals surface area contributed by atoms with Gasteiger partial charge in [-0.3, -0.25) is 9.80 Å². The van der Waals surface area contributed by atoms with Crippen LogP contribution in [-0.4, -0.2) is 49.4 Å². The molecule has 0 heterocycles. The second-order valence-corrected chi connectivity index (χ2v) is 10.0. The first-order valence-electron chi connectivity index (χ1n) is 14.5. The first-order valence-corrected chi connectivity index (χ1v) is 14.5. The lowest BCUT2D eigenvalue weighted by molar-refractivity contribution is 0.0172. The Kier molecular flexibility index (Phi) is 16.4. The van der Waals surface area contributed by atoms with Gasteiger partial charge in [-0.25, -0.2) is 0 Å². The fourth-order valence-electron chi connectivity index (χ4n) is 4.28. The molecule has 2 aromatic rings. The van der Waals surface area contributed by atoms with Crippen molar-refractivity contribution in [2.24, 2.45) is 0 Å². The first kappa shape index (κ1) is 30.5. The lowest BCUT2D eigenvalue weighted by Gasteiger charge is -2.22. The van der Waals surface area contributed by atoms with Gasteiger partial charge in [0.1, 0.15) is 0 Å². The molecule has 202 valence electrons. The highest BCUT2D eigenvalue weighted by Crippen LogP contribution is 2.22. The van der Waals surface area contributed by atoms with Crippen LogP contribution < -0.4 is 0 Å². The van der Waals surface area contributed by atoms with E-state index in [2.05, 4.69) is 86.0 Å². The molecule has 0 bridgehead atoms. The third-order valence-electron chi connectivity index (χ3n) is 6.58. The summed E-state index contributed by atoms with van der Waals surface area (Å²) in [4.78, 5) is 4.90. The minimum Gasteiger partial charge on any atom is -0.361 e. The van der Waals surface area contributed by atoms with Crippen LogP contribution in [0.3, 0.4) is 0 Å². The highest BCUT2D eigenvalue weighted by atomic mass is 16.5. The molecule has 0 aliphatic carbocycles. The number of hydrogen-bond donors (Lipinski definition) is 0. The van der Waals surface area contributed by atoms with E-state index in [1.54, 1.807) is 0 Å². The lowest BCUT2D eigenvalue weighted by atomic mass is 10.0. The van der Waals surface area contributed by atoms with Crippen LogP contribution in [0.4, 0.5) is 0 Å². The Morgan fingerprint density at radius 2 is 0.889 bits per heavy atom. The fraction of sp³-hybridized carbons (Fsp3) is 0.625. The van der Waals surface area contributed by atoms with E-state index in [-0.39, 0.29) is 0 Å². The van der Waals surface area contributed by atoms with Gasteiger partial charge in [-0.2, -0.15) is 0 Å². The number of nitrogens with zero attached hydrogens (tertiary/aromatic N) is 2. The molecule has 2 rings (SSSR count). The largest absolute Gasteiger partial charge is 0.361 e. The molecule has 36 heavy (non-hydrogen) atoms. The van der Waals surface area contributed by atoms with E-state index in [1.807, 2.05) is 0 Å². The molecule has 4 nitrogen and oxygen atoms in total. The third kappa shape index (κ3) is 12.5. The average molecular weight is 497 g/mol. The Labute approximate surface area is 222 Å². The molecule has 0 N–H and O–H groups in total. The second kappa shape index (κ2) is 19.4. The Morgan fingerprint density at radius 3 is 1.22 bits per heavy atom. The van der Waals surface area contributed by atoms with Crippen LogP contribution in [0, 0.1) is 0 Å². The summed E-state index contributed by atoms with van der Waals surface area (Å²) in [6, 6.07) is 17.5. The minimum absolute atomic E-state index is 0.650. The summed E-state index contributed by atoms with van der Waals surface area (Å²) in [5, 5.41) is 0. The van der Waals surface area contributed by atoms with Gasteiger partial charge in [-0.1, -0.05) is 89.8 Å². The summed E-state index contributed by atoms with van der Waals surface area (Å²) in [6.45, 7) is 16.2. The topological polar surface area (TPSA) is 24.9 Å². The Bertz CT molecular complexity index is 727. The van der Waals surface area contributed by atoms with Crippen molar-refractivity contribution in [2.45, 2.75) is 92.3 Å². The quantitative estimate of drug-likeness (QED) is 0.163. The van der Waals surface area contributed by atoms with Crippen molar-refractivity contribution in [3.8, 4) is 11.1 Å². The Balaban J connectivity index is 1.89. The summed E-state index contributed by atoms with van der Waals surface area (Å²) in [5.41, 5.74) is 4.92. The van der Waals surface area contributed by atoms with Crippen molar-refractivity contribution in [1.82, 2.24) is 9.80 Å². The van der Waals surface area contributed by atoms with Gasteiger partial charge < -0.3 is 9.47 Å². The van der Waals surface area contributed by atoms with Crippen LogP contribution in [0.2, 0.25) is 0 Å². The molecule has 0 aliphatic heterocycles. The SMILES string of the molecule is CCCCN(CCCC)COCc1cccc(-c2cccc(COCN(CCCC)CCCC)c2)c1. The van der Waals surface area contributed by atoms with Crippen LogP contribution in [0.15, 0.2) is 48.5 Å². The second-order valence-electron chi connectivity index (χ2n) is 10.0. The summed E-state index contributed by atoms with van der Waals surface area (Å²) in [7, 11) is 0. The monoisotopic (exact) mass is 496 g/mol. The molecule has 0 atom stereocenters. The molecule has 4 heteroatoms. The van der Waals surface area contributed by atoms with Crippen molar-refractivity contribution in [1.29, 1.82) is 0 Å². The molecular formula is C32H52N2O2. The van der Waals surface area contributed by atoms with E-state index in [4.69, 9.17) is 9.47 Å². The maximum Gasteiger partial charge on any atom is 0.0994 e. The van der Waals surface area contributed by atoms with Crippen LogP contribution in [0.1, 0.15) is 90.2 Å². The molecule has 0 unspecified atom stereocenters. The van der Waals surface area contributed by atoms with Crippen LogP contribution in [0.5, 0.6) is 0 Å². The van der Waals surface area contributed by atoms with E-state index >= 15 is 0 Å². The van der Waals surface area contributed by atoms with E-state index in [9.17, 15) is 0 Å². The number of benzene rings is 2. The highest BCUT2D eigenvalue weighted by molar-refractivity contribution is 5.64. The van der Waals surface area contributed by atoms with Gasteiger partial charge >= 0.3 is 0 Å². The number of ether oxygens (including phenoxy) is 2. The smallest absolute Gasteiger partial charge is 0.0994 e. The zero-order valence-electron chi connectivity index (χ0n) is 23.6. The molecule has 2 aromatic carbocycles. The number of rotatable bonds is 21. The molecule has 0 aliphatic rings. The molecule has 0 radical (unpaired) electrons. The van der Waals surface area contributed by atoms with E-state index in [1.165, 1.54) is 73.6 Å². The highest BCUT2D eigenvalue weighted by Gasteiger charge is 2.07. The Hall–Kier alpha value is -1.72. The van der Waals surface area contributed by atoms with Gasteiger partial charge in [0.2, 0.25) is 0 Å². The van der Waals surface area contributed by atoms with E-state index in [0.717, 1.165) is 26.2 Å². The summed E-state index contributed by atoms with van der Waals surface area (Å²) >= 11 is 0. The van der Waals surface area contributed by atoms with Crippen LogP contribution >= 0.6 is 0 Å². The van der Waals surface area contributed by atoms with Gasteiger partial charge in [0.25, 0.3) is 0 Å². The molecule has 0 fully saturated rings. The van der Waals surface area contributed by atoms with Crippen molar-refractivity contribution in [3.63, 3.8) is 0 Å². The maximum atomic E-state index is 6.12. The van der Waals surface area contributed by atoms with E-state index < -0.39 is 0 Å². The molecule has 0 saturated heterocycles. The van der Waals surface area contributed by atoms with Crippen molar-refractivity contribution in [2.75, 3.05) is 39.6 Å². The van der Waals surface area contributed by atoms with Gasteiger partial charge in [0, 0.05) is 26.2 Å². The normalized spacial score (nSPS) is 11.6. The van der Waals surface area contributed by atoms with Crippen molar-refractivity contribution >= 4 is 0 Å². The molecule has 0 amide bonds. The van der Waals surface area contributed by atoms with Crippen LogP contribution in [-0.2, 0) is 22.7 Å². The van der Waals surface area contributed by atoms with Crippen LogP contribution in [0.25, 0.3) is 11.1 Å². The third-order valence-corrected chi connectivity index (χ3v) is 6.58. The van der Waals surface area contributed by atoms with Gasteiger partial charge in [-0.05, 0) is 60.1 Å². The average Bonchev–Trinajstić information content (AvgIpc) is 2.91. The maximum absolute atomic E-state index is 6.12. The summed E-state index contributed by atoms with van der Waals surface area (Å²) < 4.78 is 12.2. The molecule has 0 aromatic heterocycles. The zero-order valence-corrected chi connectivity index (χ0v) is 23.6. The number of unbranched alkanes of at least 4 members (excludes halogenated alkanes) is 4. The Morgan fingerprint density at radius 1 is 0.528 bits per heavy atom. The predicted octanol–water partition coefficient (Wildman–Crippen LogP) is 8.11. The molecular weight excluding hydrogens is 444 g/mol. The lowest BCUT2D eigenvalue weighted by Crippen LogP contribution is -2.28. The van der Waals surface area contributed by atoms with Gasteiger partial charge in [0.05, 0.1) is 26.7 Å². The summed E-state index contributed by atoms with van der Waals surface area (Å²) in [6.07, 6.45) is 9.84. The first-order chi connectivity index (χ1) is 17.7. The fourth-order valence-corrected chi connectivity index (χ4v) is 4.28. The standard InChI is InChI=1S/C32H52N2O2/c1-5-9-19-33(20-10-6-2)27-35-25-29-15-13-17-31(23-29)32-18-14-16-30(24-32)26-36-28-34(21-11-7-3)22-12-8-4/h13-18,23-24H,5-12,19-22,25-28H2,1-4H3. The van der Waals surface area contributed by atoms with Crippen molar-refractivity contribution < 1.29 is 9.47 Å². The molecule has 0 saturated carbocycles. The molecule has 0 spiro atoms. The van der Waals surface area contributed by atoms with E-state index in [0.29, 0.717) is 26.7 Å². The minimum atomic E-state index is 0.650.